The number of carbonyl (C=O) groups excluding carboxylic acids is 2. The predicted octanol–water partition coefficient (Wildman–Crippen LogP) is 6.29. The molecule has 11 nitrogen and oxygen atoms in total. The Balaban J connectivity index is 1.41. The van der Waals surface area contributed by atoms with E-state index >= 15 is 0 Å². The lowest BCUT2D eigenvalue weighted by atomic mass is 9.76. The summed E-state index contributed by atoms with van der Waals surface area (Å²) in [6, 6.07) is 4.27. The minimum atomic E-state index is -0.538. The standard InChI is InChI=1S/C35H54FN7O4/c1-11-43(24(4)5)31(44)26-18-25(36)12-13-28(26)46-30-29(37-22-38-40-30)41-17-16-35(19-41)20-42(21-35)27(23(2)3)14-15-34(9,10)39-32(45)47-33(6,7)8/h12-13,18,22-24,27H,11,14-17,19-21H2,1-10H3,(H,39,45)/t27-/m1/s1. The van der Waals surface area contributed by atoms with Gasteiger partial charge < -0.3 is 24.6 Å². The van der Waals surface area contributed by atoms with Crippen molar-refractivity contribution in [3.05, 3.63) is 35.9 Å². The number of carbonyl (C=O) groups is 2. The average Bonchev–Trinajstić information content (AvgIpc) is 3.38. The highest BCUT2D eigenvalue weighted by molar-refractivity contribution is 5.97. The molecule has 0 aliphatic carbocycles. The Labute approximate surface area is 279 Å². The van der Waals surface area contributed by atoms with Gasteiger partial charge in [-0.2, -0.15) is 0 Å². The number of amides is 2. The molecule has 4 rings (SSSR count). The number of ether oxygens (including phenoxy) is 2. The lowest BCUT2D eigenvalue weighted by molar-refractivity contribution is -0.0357. The molecule has 2 amide bonds. The largest absolute Gasteiger partial charge is 0.444 e. The zero-order valence-electron chi connectivity index (χ0n) is 29.9. The van der Waals surface area contributed by atoms with E-state index in [9.17, 15) is 14.0 Å². The van der Waals surface area contributed by atoms with Crippen LogP contribution in [0.15, 0.2) is 24.5 Å². The van der Waals surface area contributed by atoms with Crippen LogP contribution in [0.2, 0.25) is 0 Å². The Kier molecular flexibility index (Phi) is 11.0. The Bertz CT molecular complexity index is 1400. The second-order valence-electron chi connectivity index (χ2n) is 15.5. The van der Waals surface area contributed by atoms with Gasteiger partial charge in [-0.05, 0) is 98.8 Å². The lowest BCUT2D eigenvalue weighted by Crippen LogP contribution is -2.62. The third kappa shape index (κ3) is 9.09. The van der Waals surface area contributed by atoms with E-state index < -0.39 is 17.0 Å². The van der Waals surface area contributed by atoms with Crippen molar-refractivity contribution < 1.29 is 23.5 Å². The lowest BCUT2D eigenvalue weighted by Gasteiger charge is -2.53. The van der Waals surface area contributed by atoms with Crippen LogP contribution in [0.5, 0.6) is 11.6 Å². The molecule has 2 aromatic rings. The highest BCUT2D eigenvalue weighted by Gasteiger charge is 2.50. The smallest absolute Gasteiger partial charge is 0.408 e. The van der Waals surface area contributed by atoms with Gasteiger partial charge in [-0.15, -0.1) is 10.2 Å². The van der Waals surface area contributed by atoms with Crippen molar-refractivity contribution in [2.45, 2.75) is 112 Å². The third-order valence-electron chi connectivity index (χ3n) is 9.13. The van der Waals surface area contributed by atoms with Gasteiger partial charge in [0.1, 0.15) is 23.5 Å². The second kappa shape index (κ2) is 14.3. The first-order valence-corrected chi connectivity index (χ1v) is 16.9. The molecule has 0 saturated carbocycles. The Morgan fingerprint density at radius 1 is 1.11 bits per heavy atom. The topological polar surface area (TPSA) is 113 Å². The van der Waals surface area contributed by atoms with E-state index in [2.05, 4.69) is 44.1 Å². The van der Waals surface area contributed by atoms with Crippen molar-refractivity contribution >= 4 is 17.8 Å². The fraction of sp³-hybridized carbons (Fsp3) is 0.686. The molecule has 2 saturated heterocycles. The maximum absolute atomic E-state index is 14.3. The molecule has 47 heavy (non-hydrogen) atoms. The number of rotatable bonds is 12. The fourth-order valence-electron chi connectivity index (χ4n) is 6.81. The first-order chi connectivity index (χ1) is 21.9. The number of anilines is 1. The van der Waals surface area contributed by atoms with Gasteiger partial charge in [-0.25, -0.2) is 14.2 Å². The van der Waals surface area contributed by atoms with Gasteiger partial charge in [0, 0.05) is 55.8 Å². The SMILES string of the molecule is CCN(C(=O)c1cc(F)ccc1Oc1nncnc1N1CCC2(C1)CN([C@H](CCC(C)(C)NC(=O)OC(C)(C)C)C(C)C)C2)C(C)C. The maximum Gasteiger partial charge on any atom is 0.408 e. The third-order valence-corrected chi connectivity index (χ3v) is 9.13. The minimum Gasteiger partial charge on any atom is -0.444 e. The summed E-state index contributed by atoms with van der Waals surface area (Å²) in [5.74, 6) is 0.593. The molecule has 1 atom stereocenters. The van der Waals surface area contributed by atoms with Crippen LogP contribution >= 0.6 is 0 Å². The summed E-state index contributed by atoms with van der Waals surface area (Å²) < 4.78 is 26.0. The van der Waals surface area contributed by atoms with Crippen LogP contribution in [0.1, 0.15) is 98.9 Å². The summed E-state index contributed by atoms with van der Waals surface area (Å²) in [6.45, 7) is 24.0. The highest BCUT2D eigenvalue weighted by atomic mass is 19.1. The minimum absolute atomic E-state index is 0.0594. The number of benzene rings is 1. The van der Waals surface area contributed by atoms with E-state index in [4.69, 9.17) is 9.47 Å². The number of hydrogen-bond donors (Lipinski definition) is 1. The van der Waals surface area contributed by atoms with E-state index in [-0.39, 0.29) is 40.7 Å². The summed E-state index contributed by atoms with van der Waals surface area (Å²) in [5.41, 5.74) is -0.676. The number of halogens is 1. The molecule has 0 radical (unpaired) electrons. The Hall–Kier alpha value is -3.54. The van der Waals surface area contributed by atoms with E-state index in [1.807, 2.05) is 55.4 Å². The number of hydrogen-bond acceptors (Lipinski definition) is 9. The van der Waals surface area contributed by atoms with E-state index in [1.54, 1.807) is 4.90 Å². The van der Waals surface area contributed by atoms with Gasteiger partial charge in [0.05, 0.1) is 5.56 Å². The summed E-state index contributed by atoms with van der Waals surface area (Å²) >= 11 is 0. The molecule has 3 heterocycles. The van der Waals surface area contributed by atoms with Crippen molar-refractivity contribution in [3.8, 4) is 11.6 Å². The average molecular weight is 656 g/mol. The van der Waals surface area contributed by atoms with Crippen LogP contribution in [0.4, 0.5) is 15.0 Å². The number of nitrogens with one attached hydrogen (secondary N) is 1. The van der Waals surface area contributed by atoms with Gasteiger partial charge in [0.15, 0.2) is 5.82 Å². The van der Waals surface area contributed by atoms with E-state index in [0.29, 0.717) is 24.3 Å². The first-order valence-electron chi connectivity index (χ1n) is 16.9. The van der Waals surface area contributed by atoms with Crippen molar-refractivity contribution in [3.63, 3.8) is 0 Å². The molecule has 0 unspecified atom stereocenters. The molecule has 12 heteroatoms. The summed E-state index contributed by atoms with van der Waals surface area (Å²) in [5, 5.41) is 11.2. The number of alkyl carbamates (subject to hydrolysis) is 1. The quantitative estimate of drug-likeness (QED) is 0.282. The highest BCUT2D eigenvalue weighted by Crippen LogP contribution is 2.45. The predicted molar refractivity (Wildman–Crippen MR) is 180 cm³/mol. The summed E-state index contributed by atoms with van der Waals surface area (Å²) in [4.78, 5) is 36.7. The van der Waals surface area contributed by atoms with Crippen molar-refractivity contribution in [1.29, 1.82) is 0 Å². The van der Waals surface area contributed by atoms with Crippen LogP contribution in [-0.2, 0) is 4.74 Å². The summed E-state index contributed by atoms with van der Waals surface area (Å²) in [6.07, 6.45) is 3.80. The molecule has 1 aromatic carbocycles. The van der Waals surface area contributed by atoms with Crippen molar-refractivity contribution in [2.75, 3.05) is 37.6 Å². The second-order valence-corrected chi connectivity index (χ2v) is 15.5. The van der Waals surface area contributed by atoms with Crippen LogP contribution < -0.4 is 15.0 Å². The normalized spacial score (nSPS) is 17.2. The number of likely N-dealkylation sites (tertiary alicyclic amines) is 1. The summed E-state index contributed by atoms with van der Waals surface area (Å²) in [7, 11) is 0. The molecule has 260 valence electrons. The number of aromatic nitrogens is 3. The van der Waals surface area contributed by atoms with Gasteiger partial charge in [0.25, 0.3) is 11.8 Å². The van der Waals surface area contributed by atoms with Gasteiger partial charge in [0.2, 0.25) is 0 Å². The van der Waals surface area contributed by atoms with Crippen LogP contribution in [0.25, 0.3) is 0 Å². The maximum atomic E-state index is 14.3. The molecular formula is C35H54FN7O4. The molecular weight excluding hydrogens is 601 g/mol. The number of nitrogens with zero attached hydrogens (tertiary/aromatic N) is 6. The van der Waals surface area contributed by atoms with Gasteiger partial charge >= 0.3 is 6.09 Å². The van der Waals surface area contributed by atoms with E-state index in [1.165, 1.54) is 24.5 Å². The van der Waals surface area contributed by atoms with Crippen LogP contribution in [0.3, 0.4) is 0 Å². The zero-order chi connectivity index (χ0) is 34.7. The molecule has 0 bridgehead atoms. The Morgan fingerprint density at radius 2 is 1.81 bits per heavy atom. The molecule has 2 aliphatic heterocycles. The monoisotopic (exact) mass is 655 g/mol. The molecule has 2 aliphatic rings. The molecule has 1 spiro atoms. The Morgan fingerprint density at radius 3 is 2.43 bits per heavy atom. The van der Waals surface area contributed by atoms with E-state index in [0.717, 1.165) is 45.4 Å². The van der Waals surface area contributed by atoms with Gasteiger partial charge in [-0.1, -0.05) is 13.8 Å². The van der Waals surface area contributed by atoms with Crippen LogP contribution in [-0.4, -0.2) is 92.9 Å². The van der Waals surface area contributed by atoms with Crippen LogP contribution in [0, 0.1) is 17.2 Å². The molecule has 1 N–H and O–H groups in total. The fourth-order valence-corrected chi connectivity index (χ4v) is 6.81. The molecule has 2 fully saturated rings. The van der Waals surface area contributed by atoms with Crippen molar-refractivity contribution in [2.24, 2.45) is 11.3 Å². The van der Waals surface area contributed by atoms with Crippen molar-refractivity contribution in [1.82, 2.24) is 30.3 Å². The molecule has 1 aromatic heterocycles. The van der Waals surface area contributed by atoms with Gasteiger partial charge in [-0.3, -0.25) is 9.69 Å². The zero-order valence-corrected chi connectivity index (χ0v) is 29.9. The first kappa shape index (κ1) is 36.3.